The van der Waals surface area contributed by atoms with Crippen LogP contribution >= 0.6 is 11.8 Å². The molecule has 4 rings (SSSR count). The normalized spacial score (nSPS) is 18.3. The number of carbonyl (C=O) groups is 3. The molecule has 2 aromatic rings. The highest BCUT2D eigenvalue weighted by atomic mass is 32.2. The number of likely N-dealkylation sites (tertiary alicyclic amines) is 1. The first-order valence-electron chi connectivity index (χ1n) is 10.5. The van der Waals surface area contributed by atoms with E-state index in [0.717, 1.165) is 25.9 Å². The largest absolute Gasteiger partial charge is 0.467 e. The second kappa shape index (κ2) is 9.90. The van der Waals surface area contributed by atoms with E-state index in [0.29, 0.717) is 22.0 Å². The predicted octanol–water partition coefficient (Wildman–Crippen LogP) is 2.87. The minimum Gasteiger partial charge on any atom is -0.467 e. The van der Waals surface area contributed by atoms with E-state index < -0.39 is 18.0 Å². The van der Waals surface area contributed by atoms with Gasteiger partial charge in [-0.05, 0) is 44.0 Å². The van der Waals surface area contributed by atoms with Gasteiger partial charge < -0.3 is 24.7 Å². The molecule has 32 heavy (non-hydrogen) atoms. The van der Waals surface area contributed by atoms with E-state index in [1.54, 1.807) is 37.4 Å². The summed E-state index contributed by atoms with van der Waals surface area (Å²) in [5.74, 6) is 0.182. The molecule has 1 atom stereocenters. The van der Waals surface area contributed by atoms with E-state index in [1.165, 1.54) is 18.0 Å². The lowest BCUT2D eigenvalue weighted by atomic mass is 10.0. The maximum absolute atomic E-state index is 12.7. The molecular weight excluding hydrogens is 432 g/mol. The van der Waals surface area contributed by atoms with E-state index in [4.69, 9.17) is 9.15 Å². The Hall–Kier alpha value is -3.27. The lowest BCUT2D eigenvalue weighted by Crippen LogP contribution is -2.46. The minimum atomic E-state index is -0.748. The average molecular weight is 457 g/mol. The summed E-state index contributed by atoms with van der Waals surface area (Å²) in [4.78, 5) is 43.6. The van der Waals surface area contributed by atoms with Crippen molar-refractivity contribution in [3.05, 3.63) is 59.3 Å². The molecule has 9 nitrogen and oxygen atoms in total. The number of pyridine rings is 1. The first kappa shape index (κ1) is 21.9. The number of rotatable bonds is 7. The Labute approximate surface area is 189 Å². The maximum Gasteiger partial charge on any atom is 0.338 e. The number of ether oxygens (including phenoxy) is 1. The highest BCUT2D eigenvalue weighted by Crippen LogP contribution is 2.30. The number of esters is 1. The van der Waals surface area contributed by atoms with Crippen LogP contribution in [-0.4, -0.2) is 53.2 Å². The van der Waals surface area contributed by atoms with Crippen molar-refractivity contribution in [1.82, 2.24) is 20.5 Å². The average Bonchev–Trinajstić information content (AvgIpc) is 3.52. The lowest BCUT2D eigenvalue weighted by molar-refractivity contribution is -0.139. The van der Waals surface area contributed by atoms with E-state index in [2.05, 4.69) is 15.6 Å². The van der Waals surface area contributed by atoms with Crippen molar-refractivity contribution < 1.29 is 23.5 Å². The van der Waals surface area contributed by atoms with Gasteiger partial charge in [0.1, 0.15) is 11.8 Å². The Bertz CT molecular complexity index is 1010. The molecule has 168 valence electrons. The van der Waals surface area contributed by atoms with Gasteiger partial charge in [-0.3, -0.25) is 4.79 Å². The Morgan fingerprint density at radius 1 is 1.28 bits per heavy atom. The summed E-state index contributed by atoms with van der Waals surface area (Å²) in [6.45, 7) is 3.49. The van der Waals surface area contributed by atoms with Crippen LogP contribution in [-0.2, 0) is 9.53 Å². The van der Waals surface area contributed by atoms with E-state index in [9.17, 15) is 14.4 Å². The predicted molar refractivity (Wildman–Crippen MR) is 117 cm³/mol. The summed E-state index contributed by atoms with van der Waals surface area (Å²) in [5.41, 5.74) is 1.27. The van der Waals surface area contributed by atoms with E-state index in [1.807, 2.05) is 4.90 Å². The third-order valence-corrected chi connectivity index (χ3v) is 6.19. The smallest absolute Gasteiger partial charge is 0.338 e. The number of urea groups is 1. The van der Waals surface area contributed by atoms with E-state index in [-0.39, 0.29) is 23.8 Å². The molecule has 0 aliphatic carbocycles. The Morgan fingerprint density at radius 3 is 2.75 bits per heavy atom. The van der Waals surface area contributed by atoms with Gasteiger partial charge in [0.15, 0.2) is 0 Å². The quantitative estimate of drug-likeness (QED) is 0.486. The monoisotopic (exact) mass is 456 g/mol. The van der Waals surface area contributed by atoms with Gasteiger partial charge in [-0.25, -0.2) is 14.6 Å². The van der Waals surface area contributed by atoms with Gasteiger partial charge in [-0.2, -0.15) is 0 Å². The van der Waals surface area contributed by atoms with Crippen molar-refractivity contribution in [2.75, 3.05) is 25.4 Å². The van der Waals surface area contributed by atoms with Crippen molar-refractivity contribution in [3.63, 3.8) is 0 Å². The van der Waals surface area contributed by atoms with Crippen molar-refractivity contribution in [2.24, 2.45) is 0 Å². The van der Waals surface area contributed by atoms with Gasteiger partial charge in [0.25, 0.3) is 5.91 Å². The number of hydrogen-bond acceptors (Lipinski definition) is 7. The third-order valence-electron chi connectivity index (χ3n) is 5.22. The zero-order valence-corrected chi connectivity index (χ0v) is 18.4. The summed E-state index contributed by atoms with van der Waals surface area (Å²) < 4.78 is 10.7. The molecule has 10 heteroatoms. The molecule has 1 fully saturated rings. The Morgan fingerprint density at radius 2 is 2.09 bits per heavy atom. The van der Waals surface area contributed by atoms with Crippen LogP contribution in [0.15, 0.2) is 57.4 Å². The van der Waals surface area contributed by atoms with Gasteiger partial charge >= 0.3 is 12.0 Å². The zero-order valence-electron chi connectivity index (χ0n) is 17.6. The van der Waals surface area contributed by atoms with Gasteiger partial charge in [0, 0.05) is 30.7 Å². The van der Waals surface area contributed by atoms with E-state index >= 15 is 0 Å². The number of carbonyl (C=O) groups excluding carboxylic acids is 3. The molecule has 0 saturated carbocycles. The van der Waals surface area contributed by atoms with Crippen LogP contribution in [0.3, 0.4) is 0 Å². The number of nitrogens with one attached hydrogen (secondary N) is 2. The SMILES string of the molecule is CCOC(=O)C1=C(CSc2ccc(C(=O)N3CCCC3)cn2)NC(=O)NC1c1ccco1. The first-order chi connectivity index (χ1) is 15.6. The van der Waals surface area contributed by atoms with Crippen molar-refractivity contribution >= 4 is 29.7 Å². The molecular formula is C22H24N4O5S. The Balaban J connectivity index is 1.52. The van der Waals surface area contributed by atoms with Gasteiger partial charge in [0.2, 0.25) is 0 Å². The molecule has 3 amide bonds. The van der Waals surface area contributed by atoms with Crippen LogP contribution in [0.25, 0.3) is 0 Å². The molecule has 0 aromatic carbocycles. The van der Waals surface area contributed by atoms with Gasteiger partial charge in [-0.15, -0.1) is 11.8 Å². The standard InChI is InChI=1S/C22H24N4O5S/c1-2-30-21(28)18-15(24-22(29)25-19(18)16-6-5-11-31-16)13-32-17-8-7-14(12-23-17)20(27)26-9-3-4-10-26/h5-8,11-12,19H,2-4,9-10,13H2,1H3,(H2,24,25,29). The molecule has 4 heterocycles. The number of aromatic nitrogens is 1. The van der Waals surface area contributed by atoms with Crippen molar-refractivity contribution in [2.45, 2.75) is 30.8 Å². The third kappa shape index (κ3) is 4.80. The number of nitrogens with zero attached hydrogens (tertiary/aromatic N) is 2. The fourth-order valence-electron chi connectivity index (χ4n) is 3.69. The molecule has 2 aliphatic heterocycles. The topological polar surface area (TPSA) is 114 Å². The number of hydrogen-bond donors (Lipinski definition) is 2. The zero-order chi connectivity index (χ0) is 22.5. The lowest BCUT2D eigenvalue weighted by Gasteiger charge is -2.27. The van der Waals surface area contributed by atoms with Crippen LogP contribution in [0.1, 0.15) is 41.9 Å². The van der Waals surface area contributed by atoms with Crippen molar-refractivity contribution in [1.29, 1.82) is 0 Å². The molecule has 1 unspecified atom stereocenters. The second-order valence-electron chi connectivity index (χ2n) is 7.33. The minimum absolute atomic E-state index is 0.00855. The highest BCUT2D eigenvalue weighted by Gasteiger charge is 2.35. The molecule has 0 spiro atoms. The second-order valence-corrected chi connectivity index (χ2v) is 8.33. The van der Waals surface area contributed by atoms with Crippen molar-refractivity contribution in [3.8, 4) is 0 Å². The van der Waals surface area contributed by atoms with Crippen LogP contribution in [0.5, 0.6) is 0 Å². The highest BCUT2D eigenvalue weighted by molar-refractivity contribution is 7.99. The molecule has 0 bridgehead atoms. The first-order valence-corrected chi connectivity index (χ1v) is 11.4. The summed E-state index contributed by atoms with van der Waals surface area (Å²) in [5, 5.41) is 6.09. The summed E-state index contributed by atoms with van der Waals surface area (Å²) in [6.07, 6.45) is 5.11. The summed E-state index contributed by atoms with van der Waals surface area (Å²) in [6, 6.07) is 5.72. The fraction of sp³-hybridized carbons (Fsp3) is 0.364. The molecule has 2 aromatic heterocycles. The molecule has 2 aliphatic rings. The molecule has 0 radical (unpaired) electrons. The van der Waals surface area contributed by atoms with Crippen LogP contribution < -0.4 is 10.6 Å². The maximum atomic E-state index is 12.7. The number of thioether (sulfide) groups is 1. The molecule has 2 N–H and O–H groups in total. The van der Waals surface area contributed by atoms with Gasteiger partial charge in [-0.1, -0.05) is 0 Å². The van der Waals surface area contributed by atoms with Crippen LogP contribution in [0.4, 0.5) is 4.79 Å². The number of furan rings is 1. The van der Waals surface area contributed by atoms with Gasteiger partial charge in [0.05, 0.1) is 29.0 Å². The Kier molecular flexibility index (Phi) is 6.79. The van der Waals surface area contributed by atoms with Crippen LogP contribution in [0.2, 0.25) is 0 Å². The summed E-state index contributed by atoms with van der Waals surface area (Å²) in [7, 11) is 0. The summed E-state index contributed by atoms with van der Waals surface area (Å²) >= 11 is 1.35. The number of amides is 3. The van der Waals surface area contributed by atoms with Crippen LogP contribution in [0, 0.1) is 0 Å². The molecule has 1 saturated heterocycles. The fourth-order valence-corrected chi connectivity index (χ4v) is 4.50.